The highest BCUT2D eigenvalue weighted by atomic mass is 19.2. The summed E-state index contributed by atoms with van der Waals surface area (Å²) in [5.41, 5.74) is -0.503. The third-order valence-electron chi connectivity index (χ3n) is 4.75. The van der Waals surface area contributed by atoms with Crippen LogP contribution in [0.3, 0.4) is 0 Å². The van der Waals surface area contributed by atoms with Gasteiger partial charge in [0.1, 0.15) is 0 Å². The Hall–Kier alpha value is -1.22. The maximum absolute atomic E-state index is 13.9. The van der Waals surface area contributed by atoms with Gasteiger partial charge in [0, 0.05) is 11.4 Å². The number of ether oxygens (including phenoxy) is 3. The van der Waals surface area contributed by atoms with Crippen molar-refractivity contribution in [2.45, 2.75) is 32.0 Å². The van der Waals surface area contributed by atoms with E-state index in [0.717, 1.165) is 31.7 Å². The molecule has 3 rings (SSSR count). The first kappa shape index (κ1) is 17.6. The molecule has 0 bridgehead atoms. The Labute approximate surface area is 139 Å². The standard InChI is InChI=1S/C16H21BF2O5/c18-14-12(17(20)21)5-6-13(15(14)19)24-9-10-1-3-11(4-2-10)16-22-7-8-23-16/h5-6,10-11,16,20-21H,1-4,7-9H2. The molecule has 1 aromatic rings. The van der Waals surface area contributed by atoms with Gasteiger partial charge in [-0.2, -0.15) is 4.39 Å². The zero-order valence-electron chi connectivity index (χ0n) is 13.3. The fraction of sp³-hybridized carbons (Fsp3) is 0.625. The normalized spacial score (nSPS) is 25.0. The average Bonchev–Trinajstić information content (AvgIpc) is 3.11. The van der Waals surface area contributed by atoms with Gasteiger partial charge in [-0.3, -0.25) is 0 Å². The largest absolute Gasteiger partial charge is 0.491 e. The summed E-state index contributed by atoms with van der Waals surface area (Å²) in [4.78, 5) is 0. The van der Waals surface area contributed by atoms with E-state index in [1.165, 1.54) is 6.07 Å². The predicted octanol–water partition coefficient (Wildman–Crippen LogP) is 1.20. The topological polar surface area (TPSA) is 68.2 Å². The summed E-state index contributed by atoms with van der Waals surface area (Å²) in [5.74, 6) is -2.03. The van der Waals surface area contributed by atoms with E-state index in [9.17, 15) is 8.78 Å². The second-order valence-electron chi connectivity index (χ2n) is 6.36. The van der Waals surface area contributed by atoms with E-state index in [1.54, 1.807) is 0 Å². The van der Waals surface area contributed by atoms with Gasteiger partial charge >= 0.3 is 7.12 Å². The molecule has 1 aromatic carbocycles. The minimum absolute atomic E-state index is 0.101. The number of hydrogen-bond donors (Lipinski definition) is 2. The zero-order chi connectivity index (χ0) is 17.1. The average molecular weight is 342 g/mol. The first-order chi connectivity index (χ1) is 11.6. The summed E-state index contributed by atoms with van der Waals surface area (Å²) in [5, 5.41) is 17.9. The predicted molar refractivity (Wildman–Crippen MR) is 82.8 cm³/mol. The molecule has 24 heavy (non-hydrogen) atoms. The van der Waals surface area contributed by atoms with Gasteiger partial charge in [-0.25, -0.2) is 4.39 Å². The molecular weight excluding hydrogens is 321 g/mol. The lowest BCUT2D eigenvalue weighted by Gasteiger charge is -2.30. The Morgan fingerprint density at radius 1 is 1.04 bits per heavy atom. The smallest absolute Gasteiger partial charge is 0.490 e. The highest BCUT2D eigenvalue weighted by Crippen LogP contribution is 2.34. The van der Waals surface area contributed by atoms with Crippen molar-refractivity contribution in [3.63, 3.8) is 0 Å². The van der Waals surface area contributed by atoms with Crippen LogP contribution in [0.5, 0.6) is 5.75 Å². The summed E-state index contributed by atoms with van der Waals surface area (Å²) in [7, 11) is -2.05. The Bertz CT molecular complexity index is 558. The van der Waals surface area contributed by atoms with Crippen molar-refractivity contribution in [3.8, 4) is 5.75 Å². The van der Waals surface area contributed by atoms with E-state index in [4.69, 9.17) is 24.3 Å². The van der Waals surface area contributed by atoms with E-state index >= 15 is 0 Å². The van der Waals surface area contributed by atoms with Crippen LogP contribution >= 0.6 is 0 Å². The summed E-state index contributed by atoms with van der Waals surface area (Å²) in [6.45, 7) is 1.60. The van der Waals surface area contributed by atoms with Gasteiger partial charge in [0.2, 0.25) is 0 Å². The molecule has 0 spiro atoms. The fourth-order valence-electron chi connectivity index (χ4n) is 3.34. The molecule has 2 aliphatic rings. The van der Waals surface area contributed by atoms with Gasteiger partial charge in [-0.15, -0.1) is 0 Å². The van der Waals surface area contributed by atoms with Crippen LogP contribution in [0, 0.1) is 23.5 Å². The molecule has 0 aromatic heterocycles. The molecule has 2 N–H and O–H groups in total. The van der Waals surface area contributed by atoms with Gasteiger partial charge in [0.25, 0.3) is 0 Å². The van der Waals surface area contributed by atoms with Crippen molar-refractivity contribution in [1.82, 2.24) is 0 Å². The molecule has 1 saturated heterocycles. The maximum Gasteiger partial charge on any atom is 0.491 e. The third-order valence-corrected chi connectivity index (χ3v) is 4.75. The molecule has 1 aliphatic heterocycles. The van der Waals surface area contributed by atoms with Crippen molar-refractivity contribution in [2.75, 3.05) is 19.8 Å². The van der Waals surface area contributed by atoms with E-state index in [2.05, 4.69) is 0 Å². The molecule has 1 heterocycles. The van der Waals surface area contributed by atoms with Crippen molar-refractivity contribution >= 4 is 12.6 Å². The van der Waals surface area contributed by atoms with Crippen molar-refractivity contribution in [1.29, 1.82) is 0 Å². The molecular formula is C16H21BF2O5. The quantitative estimate of drug-likeness (QED) is 0.788. The highest BCUT2D eigenvalue weighted by Gasteiger charge is 2.31. The van der Waals surface area contributed by atoms with Crippen molar-refractivity contribution < 1.29 is 33.0 Å². The minimum Gasteiger partial charge on any atom is -0.490 e. The van der Waals surface area contributed by atoms with Gasteiger partial charge < -0.3 is 24.3 Å². The second-order valence-corrected chi connectivity index (χ2v) is 6.36. The Kier molecular flexibility index (Phi) is 5.70. The van der Waals surface area contributed by atoms with Crippen LogP contribution in [-0.2, 0) is 9.47 Å². The van der Waals surface area contributed by atoms with Crippen LogP contribution in [-0.4, -0.2) is 43.3 Å². The van der Waals surface area contributed by atoms with E-state index < -0.39 is 24.2 Å². The van der Waals surface area contributed by atoms with Gasteiger partial charge in [0.15, 0.2) is 23.7 Å². The number of rotatable bonds is 5. The molecule has 0 atom stereocenters. The number of benzene rings is 1. The number of halogens is 2. The van der Waals surface area contributed by atoms with Crippen LogP contribution in [0.25, 0.3) is 0 Å². The van der Waals surface area contributed by atoms with Gasteiger partial charge in [-0.1, -0.05) is 6.07 Å². The molecule has 0 unspecified atom stereocenters. The Morgan fingerprint density at radius 3 is 2.33 bits per heavy atom. The first-order valence-electron chi connectivity index (χ1n) is 8.26. The monoisotopic (exact) mass is 342 g/mol. The van der Waals surface area contributed by atoms with E-state index in [-0.39, 0.29) is 18.0 Å². The molecule has 1 aliphatic carbocycles. The van der Waals surface area contributed by atoms with E-state index in [1.807, 2.05) is 0 Å². The third kappa shape index (κ3) is 3.88. The summed E-state index contributed by atoms with van der Waals surface area (Å²) < 4.78 is 44.1. The summed E-state index contributed by atoms with van der Waals surface area (Å²) in [6.07, 6.45) is 3.67. The molecule has 1 saturated carbocycles. The summed E-state index contributed by atoms with van der Waals surface area (Å²) >= 11 is 0. The lowest BCUT2D eigenvalue weighted by Crippen LogP contribution is -2.33. The minimum atomic E-state index is -2.05. The fourth-order valence-corrected chi connectivity index (χ4v) is 3.34. The molecule has 0 amide bonds. The van der Waals surface area contributed by atoms with Crippen LogP contribution in [0.15, 0.2) is 12.1 Å². The summed E-state index contributed by atoms with van der Waals surface area (Å²) in [6, 6.07) is 2.34. The van der Waals surface area contributed by atoms with Crippen LogP contribution in [0.4, 0.5) is 8.78 Å². The first-order valence-corrected chi connectivity index (χ1v) is 8.26. The Morgan fingerprint density at radius 2 is 1.71 bits per heavy atom. The molecule has 132 valence electrons. The van der Waals surface area contributed by atoms with Gasteiger partial charge in [-0.05, 0) is 37.7 Å². The SMILES string of the molecule is OB(O)c1ccc(OCC2CCC(C3OCCO3)CC2)c(F)c1F. The van der Waals surface area contributed by atoms with Crippen molar-refractivity contribution in [3.05, 3.63) is 23.8 Å². The number of hydrogen-bond acceptors (Lipinski definition) is 5. The maximum atomic E-state index is 13.9. The second kappa shape index (κ2) is 7.78. The van der Waals surface area contributed by atoms with Crippen LogP contribution in [0.2, 0.25) is 0 Å². The lowest BCUT2D eigenvalue weighted by atomic mass is 9.80. The highest BCUT2D eigenvalue weighted by molar-refractivity contribution is 6.58. The zero-order valence-corrected chi connectivity index (χ0v) is 13.3. The van der Waals surface area contributed by atoms with E-state index in [0.29, 0.717) is 25.7 Å². The molecule has 0 radical (unpaired) electrons. The Balaban J connectivity index is 1.51. The lowest BCUT2D eigenvalue weighted by molar-refractivity contribution is -0.0960. The van der Waals surface area contributed by atoms with Gasteiger partial charge in [0.05, 0.1) is 19.8 Å². The van der Waals surface area contributed by atoms with Crippen molar-refractivity contribution in [2.24, 2.45) is 11.8 Å². The van der Waals surface area contributed by atoms with Crippen LogP contribution in [0.1, 0.15) is 25.7 Å². The molecule has 2 fully saturated rings. The molecule has 8 heteroatoms. The molecule has 5 nitrogen and oxygen atoms in total. The van der Waals surface area contributed by atoms with Crippen LogP contribution < -0.4 is 10.2 Å².